The Hall–Kier alpha value is -0.830. The Morgan fingerprint density at radius 3 is 2.80 bits per heavy atom. The van der Waals surface area contributed by atoms with E-state index in [4.69, 9.17) is 23.2 Å². The van der Waals surface area contributed by atoms with Gasteiger partial charge in [-0.25, -0.2) is 0 Å². The van der Waals surface area contributed by atoms with Gasteiger partial charge >= 0.3 is 0 Å². The molecule has 0 radical (unpaired) electrons. The minimum absolute atomic E-state index is 0.214. The van der Waals surface area contributed by atoms with Crippen molar-refractivity contribution in [2.75, 3.05) is 0 Å². The molecule has 2 atom stereocenters. The summed E-state index contributed by atoms with van der Waals surface area (Å²) in [6, 6.07) is 6.36. The molecular formula is C16H17Cl2NO. The van der Waals surface area contributed by atoms with Crippen molar-refractivity contribution in [3.63, 3.8) is 0 Å². The van der Waals surface area contributed by atoms with Crippen molar-refractivity contribution in [3.8, 4) is 0 Å². The predicted molar refractivity (Wildman–Crippen MR) is 83.2 cm³/mol. The van der Waals surface area contributed by atoms with E-state index < -0.39 is 0 Å². The SMILES string of the molecule is CCC(=O)C1=C(c2ccc(Cl)c(Cl)c2)C[C@@H]2CC[C@H]1N2. The van der Waals surface area contributed by atoms with Gasteiger partial charge in [0.15, 0.2) is 5.78 Å². The second-order valence-corrected chi connectivity index (χ2v) is 6.31. The van der Waals surface area contributed by atoms with Gasteiger partial charge in [-0.05, 0) is 42.5 Å². The average molecular weight is 310 g/mol. The summed E-state index contributed by atoms with van der Waals surface area (Å²) in [7, 11) is 0. The van der Waals surface area contributed by atoms with Crippen LogP contribution in [-0.2, 0) is 4.79 Å². The smallest absolute Gasteiger partial charge is 0.160 e. The molecule has 1 aromatic rings. The molecule has 4 heteroatoms. The second-order valence-electron chi connectivity index (χ2n) is 5.50. The Bertz CT molecular complexity index is 594. The molecule has 2 aliphatic heterocycles. The van der Waals surface area contributed by atoms with Crippen molar-refractivity contribution in [2.45, 2.75) is 44.7 Å². The van der Waals surface area contributed by atoms with Gasteiger partial charge in [0.25, 0.3) is 0 Å². The fourth-order valence-electron chi connectivity index (χ4n) is 3.28. The topological polar surface area (TPSA) is 29.1 Å². The van der Waals surface area contributed by atoms with Crippen LogP contribution in [0.2, 0.25) is 10.0 Å². The Balaban J connectivity index is 2.10. The molecule has 2 nitrogen and oxygen atoms in total. The van der Waals surface area contributed by atoms with Gasteiger partial charge in [0.1, 0.15) is 0 Å². The molecule has 2 heterocycles. The summed E-state index contributed by atoms with van der Waals surface area (Å²) in [6.07, 6.45) is 3.63. The van der Waals surface area contributed by atoms with E-state index in [2.05, 4.69) is 5.32 Å². The van der Waals surface area contributed by atoms with E-state index in [0.29, 0.717) is 22.5 Å². The highest BCUT2D eigenvalue weighted by Gasteiger charge is 2.36. The minimum Gasteiger partial charge on any atom is -0.307 e. The lowest BCUT2D eigenvalue weighted by atomic mass is 9.87. The number of carbonyl (C=O) groups excluding carboxylic acids is 1. The van der Waals surface area contributed by atoms with E-state index in [1.807, 2.05) is 25.1 Å². The highest BCUT2D eigenvalue weighted by Crippen LogP contribution is 2.39. The molecule has 0 saturated carbocycles. The van der Waals surface area contributed by atoms with Gasteiger partial charge in [-0.1, -0.05) is 36.2 Å². The molecule has 1 N–H and O–H groups in total. The Labute approximate surface area is 129 Å². The van der Waals surface area contributed by atoms with Gasteiger partial charge in [0, 0.05) is 24.1 Å². The molecule has 1 aromatic carbocycles. The van der Waals surface area contributed by atoms with Crippen molar-refractivity contribution in [2.24, 2.45) is 0 Å². The summed E-state index contributed by atoms with van der Waals surface area (Å²) in [5.74, 6) is 0.240. The van der Waals surface area contributed by atoms with Gasteiger partial charge in [-0.3, -0.25) is 4.79 Å². The zero-order valence-corrected chi connectivity index (χ0v) is 12.9. The fraction of sp³-hybridized carbons (Fsp3) is 0.438. The summed E-state index contributed by atoms with van der Waals surface area (Å²) < 4.78 is 0. The monoisotopic (exact) mass is 309 g/mol. The van der Waals surface area contributed by atoms with Crippen molar-refractivity contribution in [1.82, 2.24) is 5.32 Å². The molecule has 2 bridgehead atoms. The maximum absolute atomic E-state index is 12.3. The van der Waals surface area contributed by atoms with Crippen LogP contribution in [0.1, 0.15) is 38.2 Å². The molecule has 0 spiro atoms. The Kier molecular flexibility index (Phi) is 3.89. The summed E-state index contributed by atoms with van der Waals surface area (Å²) in [5, 5.41) is 4.64. The first-order valence-electron chi connectivity index (χ1n) is 7.08. The van der Waals surface area contributed by atoms with Crippen LogP contribution in [0, 0.1) is 0 Å². The number of Topliss-reactive ketones (excluding diaryl/α,β-unsaturated/α-hetero) is 1. The Morgan fingerprint density at radius 2 is 2.10 bits per heavy atom. The third-order valence-corrected chi connectivity index (χ3v) is 4.99. The van der Waals surface area contributed by atoms with Gasteiger partial charge in [0.05, 0.1) is 10.0 Å². The zero-order chi connectivity index (χ0) is 14.3. The van der Waals surface area contributed by atoms with Crippen LogP contribution in [0.25, 0.3) is 5.57 Å². The molecule has 106 valence electrons. The van der Waals surface area contributed by atoms with E-state index in [1.54, 1.807) is 0 Å². The van der Waals surface area contributed by atoms with Crippen molar-refractivity contribution in [1.29, 1.82) is 0 Å². The third kappa shape index (κ3) is 2.41. The highest BCUT2D eigenvalue weighted by molar-refractivity contribution is 6.42. The number of hydrogen-bond donors (Lipinski definition) is 1. The van der Waals surface area contributed by atoms with Gasteiger partial charge in [0.2, 0.25) is 0 Å². The van der Waals surface area contributed by atoms with E-state index >= 15 is 0 Å². The van der Waals surface area contributed by atoms with Crippen LogP contribution < -0.4 is 5.32 Å². The number of rotatable bonds is 3. The average Bonchev–Trinajstić information content (AvgIpc) is 2.82. The number of nitrogens with one attached hydrogen (secondary N) is 1. The van der Waals surface area contributed by atoms with Crippen LogP contribution in [0.15, 0.2) is 23.8 Å². The number of carbonyl (C=O) groups is 1. The quantitative estimate of drug-likeness (QED) is 0.904. The molecule has 0 unspecified atom stereocenters. The lowest BCUT2D eigenvalue weighted by molar-refractivity contribution is -0.115. The van der Waals surface area contributed by atoms with Gasteiger partial charge < -0.3 is 5.32 Å². The lowest BCUT2D eigenvalue weighted by Gasteiger charge is -2.27. The summed E-state index contributed by atoms with van der Waals surface area (Å²) in [5.41, 5.74) is 3.15. The zero-order valence-electron chi connectivity index (χ0n) is 11.4. The summed E-state index contributed by atoms with van der Waals surface area (Å²) in [4.78, 5) is 12.3. The van der Waals surface area contributed by atoms with Crippen LogP contribution in [0.3, 0.4) is 0 Å². The van der Waals surface area contributed by atoms with E-state index in [1.165, 1.54) is 0 Å². The van der Waals surface area contributed by atoms with Crippen molar-refractivity contribution in [3.05, 3.63) is 39.4 Å². The first kappa shape index (κ1) is 14.1. The maximum atomic E-state index is 12.3. The highest BCUT2D eigenvalue weighted by atomic mass is 35.5. The van der Waals surface area contributed by atoms with E-state index in [0.717, 1.165) is 36.0 Å². The molecule has 0 amide bonds. The molecule has 0 aliphatic carbocycles. The number of ketones is 1. The molecule has 3 rings (SSSR count). The van der Waals surface area contributed by atoms with Crippen molar-refractivity contribution >= 4 is 34.6 Å². The van der Waals surface area contributed by atoms with E-state index in [9.17, 15) is 4.79 Å². The largest absolute Gasteiger partial charge is 0.307 e. The normalized spacial score (nSPS) is 25.1. The molecular weight excluding hydrogens is 293 g/mol. The van der Waals surface area contributed by atoms with Crippen LogP contribution in [0.5, 0.6) is 0 Å². The van der Waals surface area contributed by atoms with Crippen LogP contribution >= 0.6 is 23.2 Å². The number of halogens is 2. The van der Waals surface area contributed by atoms with Crippen LogP contribution in [-0.4, -0.2) is 17.9 Å². The lowest BCUT2D eigenvalue weighted by Crippen LogP contribution is -2.38. The van der Waals surface area contributed by atoms with Crippen LogP contribution in [0.4, 0.5) is 0 Å². The molecule has 20 heavy (non-hydrogen) atoms. The number of benzene rings is 1. The Morgan fingerprint density at radius 1 is 1.30 bits per heavy atom. The standard InChI is InChI=1S/C16H17Cl2NO/c1-2-15(20)16-11(8-10-4-6-14(16)19-10)9-3-5-12(17)13(18)7-9/h3,5,7,10,14,19H,2,4,6,8H2,1H3/t10-,14+/m0/s1. The second kappa shape index (κ2) is 5.51. The first-order chi connectivity index (χ1) is 9.60. The third-order valence-electron chi connectivity index (χ3n) is 4.25. The van der Waals surface area contributed by atoms with Crippen molar-refractivity contribution < 1.29 is 4.79 Å². The molecule has 1 saturated heterocycles. The summed E-state index contributed by atoms with van der Waals surface area (Å²) >= 11 is 12.1. The molecule has 2 aliphatic rings. The number of fused-ring (bicyclic) bond motifs is 2. The van der Waals surface area contributed by atoms with Gasteiger partial charge in [-0.2, -0.15) is 0 Å². The maximum Gasteiger partial charge on any atom is 0.160 e. The molecule has 0 aromatic heterocycles. The fourth-order valence-corrected chi connectivity index (χ4v) is 3.58. The first-order valence-corrected chi connectivity index (χ1v) is 7.83. The van der Waals surface area contributed by atoms with Gasteiger partial charge in [-0.15, -0.1) is 0 Å². The summed E-state index contributed by atoms with van der Waals surface area (Å²) in [6.45, 7) is 1.92. The van der Waals surface area contributed by atoms with E-state index in [-0.39, 0.29) is 11.8 Å². The number of hydrogen-bond acceptors (Lipinski definition) is 2. The molecule has 1 fully saturated rings. The minimum atomic E-state index is 0.214. The predicted octanol–water partition coefficient (Wildman–Crippen LogP) is 4.25.